The van der Waals surface area contributed by atoms with E-state index in [4.69, 9.17) is 14.2 Å². The SMILES string of the molecule is CC(C)COCC(C)C.CC(C)COCC(C)OCC(C)C.CCC. The molecule has 0 fully saturated rings. The number of hydrogen-bond acceptors (Lipinski definition) is 3. The largest absolute Gasteiger partial charge is 0.381 e. The Morgan fingerprint density at radius 1 is 0.480 bits per heavy atom. The molecule has 0 radical (unpaired) electrons. The van der Waals surface area contributed by atoms with E-state index in [-0.39, 0.29) is 6.10 Å². The molecule has 25 heavy (non-hydrogen) atoms. The van der Waals surface area contributed by atoms with Gasteiger partial charge in [0, 0.05) is 26.4 Å². The summed E-state index contributed by atoms with van der Waals surface area (Å²) >= 11 is 0. The molecule has 0 aliphatic rings. The van der Waals surface area contributed by atoms with Crippen LogP contribution in [-0.2, 0) is 14.2 Å². The Kier molecular flexibility index (Phi) is 26.0. The van der Waals surface area contributed by atoms with Crippen LogP contribution in [0.5, 0.6) is 0 Å². The quantitative estimate of drug-likeness (QED) is 0.422. The van der Waals surface area contributed by atoms with Crippen molar-refractivity contribution in [2.75, 3.05) is 33.0 Å². The van der Waals surface area contributed by atoms with E-state index in [9.17, 15) is 0 Å². The van der Waals surface area contributed by atoms with Crippen molar-refractivity contribution in [1.82, 2.24) is 0 Å². The molecule has 0 saturated carbocycles. The summed E-state index contributed by atoms with van der Waals surface area (Å²) in [6, 6.07) is 0. The number of rotatable bonds is 11. The molecule has 0 aromatic heterocycles. The fourth-order valence-corrected chi connectivity index (χ4v) is 1.41. The van der Waals surface area contributed by atoms with Gasteiger partial charge < -0.3 is 14.2 Å². The van der Waals surface area contributed by atoms with E-state index in [1.54, 1.807) is 0 Å². The lowest BCUT2D eigenvalue weighted by atomic mass is 10.2. The van der Waals surface area contributed by atoms with Gasteiger partial charge in [-0.25, -0.2) is 0 Å². The van der Waals surface area contributed by atoms with Crippen molar-refractivity contribution in [2.24, 2.45) is 23.7 Å². The minimum atomic E-state index is 0.223. The maximum Gasteiger partial charge on any atom is 0.0780 e. The molecule has 0 aliphatic heterocycles. The molecule has 3 nitrogen and oxygen atoms in total. The zero-order chi connectivity index (χ0) is 20.3. The summed E-state index contributed by atoms with van der Waals surface area (Å²) in [6.07, 6.45) is 1.47. The fraction of sp³-hybridized carbons (Fsp3) is 1.00. The van der Waals surface area contributed by atoms with Gasteiger partial charge in [-0.1, -0.05) is 75.7 Å². The van der Waals surface area contributed by atoms with Crippen LogP contribution in [0.25, 0.3) is 0 Å². The Morgan fingerprint density at radius 2 is 0.760 bits per heavy atom. The summed E-state index contributed by atoms with van der Waals surface area (Å²) in [5, 5.41) is 0. The van der Waals surface area contributed by atoms with Crippen LogP contribution >= 0.6 is 0 Å². The third-order valence-corrected chi connectivity index (χ3v) is 2.42. The van der Waals surface area contributed by atoms with Gasteiger partial charge in [-0.2, -0.15) is 0 Å². The summed E-state index contributed by atoms with van der Waals surface area (Å²) < 4.78 is 16.4. The van der Waals surface area contributed by atoms with Crippen LogP contribution in [0.3, 0.4) is 0 Å². The molecule has 0 bridgehead atoms. The first kappa shape index (κ1) is 29.6. The van der Waals surface area contributed by atoms with Gasteiger partial charge in [-0.05, 0) is 30.6 Å². The van der Waals surface area contributed by atoms with Crippen LogP contribution in [0.15, 0.2) is 0 Å². The van der Waals surface area contributed by atoms with E-state index >= 15 is 0 Å². The molecule has 0 amide bonds. The minimum absolute atomic E-state index is 0.223. The number of hydrogen-bond donors (Lipinski definition) is 0. The Hall–Kier alpha value is -0.120. The summed E-state index contributed by atoms with van der Waals surface area (Å²) in [4.78, 5) is 0. The molecule has 0 aromatic rings. The molecule has 3 heteroatoms. The third-order valence-electron chi connectivity index (χ3n) is 2.42. The van der Waals surface area contributed by atoms with Crippen LogP contribution in [0, 0.1) is 23.7 Å². The molecule has 0 rings (SSSR count). The van der Waals surface area contributed by atoms with Crippen molar-refractivity contribution in [3.05, 3.63) is 0 Å². The maximum absolute atomic E-state index is 5.56. The lowest BCUT2D eigenvalue weighted by molar-refractivity contribution is -0.0215. The minimum Gasteiger partial charge on any atom is -0.381 e. The van der Waals surface area contributed by atoms with Crippen LogP contribution in [-0.4, -0.2) is 39.1 Å². The van der Waals surface area contributed by atoms with E-state index in [1.807, 2.05) is 0 Å². The smallest absolute Gasteiger partial charge is 0.0780 e. The second-order valence-electron chi connectivity index (χ2n) is 8.50. The second-order valence-corrected chi connectivity index (χ2v) is 8.50. The first-order valence-electron chi connectivity index (χ1n) is 10.3. The Morgan fingerprint density at radius 3 is 1.04 bits per heavy atom. The molecule has 156 valence electrons. The van der Waals surface area contributed by atoms with Crippen molar-refractivity contribution in [1.29, 1.82) is 0 Å². The van der Waals surface area contributed by atoms with Crippen molar-refractivity contribution < 1.29 is 14.2 Å². The maximum atomic E-state index is 5.56. The molecule has 1 unspecified atom stereocenters. The van der Waals surface area contributed by atoms with Crippen molar-refractivity contribution in [3.63, 3.8) is 0 Å². The van der Waals surface area contributed by atoms with Crippen molar-refractivity contribution in [2.45, 2.75) is 88.7 Å². The summed E-state index contributed by atoms with van der Waals surface area (Å²) in [5.41, 5.74) is 0. The normalized spacial score (nSPS) is 12.1. The highest BCUT2D eigenvalue weighted by atomic mass is 16.5. The van der Waals surface area contributed by atoms with Gasteiger partial charge in [0.25, 0.3) is 0 Å². The molecule has 0 heterocycles. The monoisotopic (exact) mass is 362 g/mol. The topological polar surface area (TPSA) is 27.7 Å². The molecular weight excluding hydrogens is 312 g/mol. The van der Waals surface area contributed by atoms with E-state index in [0.717, 1.165) is 26.4 Å². The third kappa shape index (κ3) is 40.1. The van der Waals surface area contributed by atoms with Crippen LogP contribution < -0.4 is 0 Å². The van der Waals surface area contributed by atoms with Crippen molar-refractivity contribution >= 4 is 0 Å². The van der Waals surface area contributed by atoms with Gasteiger partial charge in [0.1, 0.15) is 0 Å². The highest BCUT2D eigenvalue weighted by Gasteiger charge is 2.04. The average molecular weight is 363 g/mol. The molecular formula is C22H50O3. The van der Waals surface area contributed by atoms with E-state index in [2.05, 4.69) is 76.2 Å². The van der Waals surface area contributed by atoms with Gasteiger partial charge in [-0.15, -0.1) is 0 Å². The van der Waals surface area contributed by atoms with Gasteiger partial charge in [0.05, 0.1) is 12.7 Å². The second kappa shape index (κ2) is 21.9. The van der Waals surface area contributed by atoms with E-state index < -0.39 is 0 Å². The predicted octanol–water partition coefficient (Wildman–Crippen LogP) is 6.45. The zero-order valence-electron chi connectivity index (χ0n) is 19.4. The molecule has 0 aliphatic carbocycles. The first-order valence-corrected chi connectivity index (χ1v) is 10.3. The molecule has 0 spiro atoms. The standard InChI is InChI=1S/C11H24O2.C8H18O.C3H8/c1-9(2)6-12-8-11(5)13-7-10(3)4;1-7(2)5-9-6-8(3)4;1-3-2/h9-11H,6-8H2,1-5H3;7-8H,5-6H2,1-4H3;3H2,1-2H3. The summed E-state index contributed by atoms with van der Waals surface area (Å²) in [7, 11) is 0. The molecule has 1 atom stereocenters. The summed E-state index contributed by atoms with van der Waals surface area (Å²) in [6.45, 7) is 27.8. The highest BCUT2D eigenvalue weighted by molar-refractivity contribution is 4.50. The van der Waals surface area contributed by atoms with Gasteiger partial charge in [0.15, 0.2) is 0 Å². The van der Waals surface area contributed by atoms with Gasteiger partial charge in [0.2, 0.25) is 0 Å². The van der Waals surface area contributed by atoms with E-state index in [0.29, 0.717) is 30.3 Å². The highest BCUT2D eigenvalue weighted by Crippen LogP contribution is 2.00. The van der Waals surface area contributed by atoms with Crippen LogP contribution in [0.2, 0.25) is 0 Å². The zero-order valence-corrected chi connectivity index (χ0v) is 19.4. The molecule has 0 aromatic carbocycles. The summed E-state index contributed by atoms with van der Waals surface area (Å²) in [5.74, 6) is 2.55. The first-order chi connectivity index (χ1) is 11.6. The number of ether oxygens (including phenoxy) is 3. The lowest BCUT2D eigenvalue weighted by Gasteiger charge is -2.15. The van der Waals surface area contributed by atoms with Gasteiger partial charge >= 0.3 is 0 Å². The molecule has 0 N–H and O–H groups in total. The predicted molar refractivity (Wildman–Crippen MR) is 112 cm³/mol. The Labute approximate surface area is 160 Å². The molecule has 0 saturated heterocycles. The van der Waals surface area contributed by atoms with Crippen molar-refractivity contribution in [3.8, 4) is 0 Å². The Bertz CT molecular complexity index is 217. The Balaban J connectivity index is -0.000000350. The van der Waals surface area contributed by atoms with Gasteiger partial charge in [-0.3, -0.25) is 0 Å². The van der Waals surface area contributed by atoms with E-state index in [1.165, 1.54) is 6.42 Å². The average Bonchev–Trinajstić information content (AvgIpc) is 2.45. The van der Waals surface area contributed by atoms with Crippen LogP contribution in [0.4, 0.5) is 0 Å². The fourth-order valence-electron chi connectivity index (χ4n) is 1.41. The van der Waals surface area contributed by atoms with Crippen LogP contribution in [0.1, 0.15) is 82.6 Å². The lowest BCUT2D eigenvalue weighted by Crippen LogP contribution is -2.19.